The van der Waals surface area contributed by atoms with Crippen LogP contribution in [0.25, 0.3) is 0 Å². The third kappa shape index (κ3) is 4.90. The Labute approximate surface area is 140 Å². The van der Waals surface area contributed by atoms with Crippen LogP contribution in [0.2, 0.25) is 0 Å². The van der Waals surface area contributed by atoms with E-state index in [0.717, 1.165) is 17.1 Å². The second kappa shape index (κ2) is 8.23. The molecule has 1 aromatic heterocycles. The lowest BCUT2D eigenvalue weighted by molar-refractivity contribution is -0.142. The largest absolute Gasteiger partial charge is 0.368 e. The van der Waals surface area contributed by atoms with Crippen LogP contribution in [0.5, 0.6) is 0 Å². The molecule has 130 valence electrons. The molecule has 1 fully saturated rings. The van der Waals surface area contributed by atoms with Gasteiger partial charge < -0.3 is 16.0 Å². The lowest BCUT2D eigenvalue weighted by Gasteiger charge is -2.14. The van der Waals surface area contributed by atoms with Gasteiger partial charge in [-0.3, -0.25) is 19.3 Å². The van der Waals surface area contributed by atoms with Crippen LogP contribution in [-0.2, 0) is 14.4 Å². The van der Waals surface area contributed by atoms with E-state index >= 15 is 0 Å². The van der Waals surface area contributed by atoms with Crippen LogP contribution in [0.1, 0.15) is 25.5 Å². The number of anilines is 2. The number of nitrogens with one attached hydrogen (secondary N) is 3. The van der Waals surface area contributed by atoms with Gasteiger partial charge in [0, 0.05) is 44.2 Å². The number of aromatic nitrogens is 2. The Kier molecular flexibility index (Phi) is 6.05. The molecule has 1 aliphatic rings. The third-order valence-corrected chi connectivity index (χ3v) is 3.40. The van der Waals surface area contributed by atoms with Crippen molar-refractivity contribution in [2.24, 2.45) is 0 Å². The van der Waals surface area contributed by atoms with Crippen molar-refractivity contribution in [3.63, 3.8) is 0 Å². The molecule has 3 amide bonds. The van der Waals surface area contributed by atoms with Crippen LogP contribution in [0.4, 0.5) is 11.8 Å². The van der Waals surface area contributed by atoms with Crippen molar-refractivity contribution in [1.82, 2.24) is 20.2 Å². The minimum Gasteiger partial charge on any atom is -0.368 e. The van der Waals surface area contributed by atoms with Gasteiger partial charge in [-0.25, -0.2) is 4.98 Å². The molecule has 3 N–H and O–H groups in total. The molecule has 9 heteroatoms. The van der Waals surface area contributed by atoms with E-state index in [2.05, 4.69) is 25.9 Å². The molecule has 0 aromatic carbocycles. The number of aryl methyl sites for hydroxylation is 1. The molecule has 1 aliphatic heterocycles. The lowest BCUT2D eigenvalue weighted by atomic mass is 10.4. The maximum absolute atomic E-state index is 11.8. The monoisotopic (exact) mass is 334 g/mol. The first-order valence-electron chi connectivity index (χ1n) is 7.93. The highest BCUT2D eigenvalue weighted by atomic mass is 16.2. The zero-order valence-corrected chi connectivity index (χ0v) is 13.9. The maximum Gasteiger partial charge on any atom is 0.240 e. The Bertz CT molecular complexity index is 618. The summed E-state index contributed by atoms with van der Waals surface area (Å²) in [7, 11) is 0. The van der Waals surface area contributed by atoms with Gasteiger partial charge in [0.2, 0.25) is 23.7 Å². The van der Waals surface area contributed by atoms with Gasteiger partial charge in [0.15, 0.2) is 0 Å². The van der Waals surface area contributed by atoms with Gasteiger partial charge in [0.25, 0.3) is 0 Å². The minimum atomic E-state index is -0.354. The van der Waals surface area contributed by atoms with E-state index in [1.807, 2.05) is 19.9 Å². The van der Waals surface area contributed by atoms with Crippen molar-refractivity contribution in [2.75, 3.05) is 36.8 Å². The summed E-state index contributed by atoms with van der Waals surface area (Å²) in [5.74, 6) is 0.279. The quantitative estimate of drug-likeness (QED) is 0.449. The van der Waals surface area contributed by atoms with Gasteiger partial charge in [-0.15, -0.1) is 0 Å². The molecule has 9 nitrogen and oxygen atoms in total. The van der Waals surface area contributed by atoms with E-state index in [1.165, 1.54) is 0 Å². The van der Waals surface area contributed by atoms with Crippen LogP contribution >= 0.6 is 0 Å². The van der Waals surface area contributed by atoms with E-state index in [1.54, 1.807) is 0 Å². The van der Waals surface area contributed by atoms with Crippen molar-refractivity contribution in [2.45, 2.75) is 26.7 Å². The molecule has 2 rings (SSSR count). The molecule has 0 radical (unpaired) electrons. The molecule has 0 saturated carbocycles. The van der Waals surface area contributed by atoms with E-state index in [-0.39, 0.29) is 37.1 Å². The summed E-state index contributed by atoms with van der Waals surface area (Å²) in [5, 5.41) is 8.81. The molecule has 1 saturated heterocycles. The number of hydrogen-bond acceptors (Lipinski definition) is 7. The number of hydrogen-bond donors (Lipinski definition) is 3. The fourth-order valence-electron chi connectivity index (χ4n) is 2.29. The van der Waals surface area contributed by atoms with E-state index in [9.17, 15) is 14.4 Å². The van der Waals surface area contributed by atoms with Crippen LogP contribution in [0.3, 0.4) is 0 Å². The molecule has 0 atom stereocenters. The van der Waals surface area contributed by atoms with Crippen LogP contribution in [0.15, 0.2) is 6.07 Å². The Hall–Kier alpha value is -2.71. The standard InChI is InChI=1S/C15H22N6O3/c1-3-16-15-19-10(2)8-11(20-15)17-6-7-18-12(22)9-21-13(23)4-5-14(21)24/h8H,3-7,9H2,1-2H3,(H,18,22)(H2,16,17,19,20). The van der Waals surface area contributed by atoms with Crippen molar-refractivity contribution >= 4 is 29.5 Å². The highest BCUT2D eigenvalue weighted by Crippen LogP contribution is 2.11. The Balaban J connectivity index is 1.73. The maximum atomic E-state index is 11.8. The summed E-state index contributed by atoms with van der Waals surface area (Å²) in [6.45, 7) is 5.18. The smallest absolute Gasteiger partial charge is 0.240 e. The number of imide groups is 1. The number of carbonyl (C=O) groups is 3. The average molecular weight is 334 g/mol. The number of rotatable bonds is 8. The van der Waals surface area contributed by atoms with Crippen LogP contribution < -0.4 is 16.0 Å². The summed E-state index contributed by atoms with van der Waals surface area (Å²) in [6, 6.07) is 1.81. The molecule has 0 aliphatic carbocycles. The molecule has 0 bridgehead atoms. The summed E-state index contributed by atoms with van der Waals surface area (Å²) in [5.41, 5.74) is 0.832. The molecule has 24 heavy (non-hydrogen) atoms. The van der Waals surface area contributed by atoms with Gasteiger partial charge in [0.05, 0.1) is 0 Å². The predicted octanol–water partition coefficient (Wildman–Crippen LogP) is -0.106. The highest BCUT2D eigenvalue weighted by Gasteiger charge is 2.30. The summed E-state index contributed by atoms with van der Waals surface area (Å²) < 4.78 is 0. The van der Waals surface area contributed by atoms with Crippen molar-refractivity contribution in [3.8, 4) is 0 Å². The van der Waals surface area contributed by atoms with Gasteiger partial charge in [-0.1, -0.05) is 0 Å². The third-order valence-electron chi connectivity index (χ3n) is 3.40. The molecule has 0 spiro atoms. The number of likely N-dealkylation sites (tertiary alicyclic amines) is 1. The molecule has 0 unspecified atom stereocenters. The van der Waals surface area contributed by atoms with E-state index in [4.69, 9.17) is 0 Å². The second-order valence-corrected chi connectivity index (χ2v) is 5.40. The van der Waals surface area contributed by atoms with Gasteiger partial charge in [-0.05, 0) is 13.8 Å². The Morgan fingerprint density at radius 3 is 2.54 bits per heavy atom. The predicted molar refractivity (Wildman–Crippen MR) is 88.4 cm³/mol. The van der Waals surface area contributed by atoms with Gasteiger partial charge in [-0.2, -0.15) is 4.98 Å². The van der Waals surface area contributed by atoms with Gasteiger partial charge in [0.1, 0.15) is 12.4 Å². The van der Waals surface area contributed by atoms with Crippen LogP contribution in [0, 0.1) is 6.92 Å². The molecule has 1 aromatic rings. The lowest BCUT2D eigenvalue weighted by Crippen LogP contribution is -2.41. The average Bonchev–Trinajstić information content (AvgIpc) is 2.83. The fourth-order valence-corrected chi connectivity index (χ4v) is 2.29. The second-order valence-electron chi connectivity index (χ2n) is 5.40. The zero-order valence-electron chi connectivity index (χ0n) is 13.9. The minimum absolute atomic E-state index is 0.189. The first kappa shape index (κ1) is 17.6. The molecular formula is C15H22N6O3. The summed E-state index contributed by atoms with van der Waals surface area (Å²) in [4.78, 5) is 44.2. The first-order chi connectivity index (χ1) is 11.5. The van der Waals surface area contributed by atoms with E-state index in [0.29, 0.717) is 24.9 Å². The normalized spacial score (nSPS) is 14.0. The Morgan fingerprint density at radius 2 is 1.88 bits per heavy atom. The highest BCUT2D eigenvalue weighted by molar-refractivity contribution is 6.04. The molecule has 2 heterocycles. The summed E-state index contributed by atoms with van der Waals surface area (Å²) >= 11 is 0. The number of nitrogens with zero attached hydrogens (tertiary/aromatic N) is 3. The van der Waals surface area contributed by atoms with Gasteiger partial charge >= 0.3 is 0 Å². The zero-order chi connectivity index (χ0) is 17.5. The SMILES string of the molecule is CCNc1nc(C)cc(NCCNC(=O)CN2C(=O)CCC2=O)n1. The topological polar surface area (TPSA) is 116 Å². The number of carbonyl (C=O) groups excluding carboxylic acids is 3. The number of amides is 3. The Morgan fingerprint density at radius 1 is 1.17 bits per heavy atom. The fraction of sp³-hybridized carbons (Fsp3) is 0.533. The van der Waals surface area contributed by atoms with Crippen molar-refractivity contribution in [3.05, 3.63) is 11.8 Å². The van der Waals surface area contributed by atoms with Crippen molar-refractivity contribution < 1.29 is 14.4 Å². The van der Waals surface area contributed by atoms with E-state index < -0.39 is 0 Å². The first-order valence-corrected chi connectivity index (χ1v) is 7.93. The summed E-state index contributed by atoms with van der Waals surface area (Å²) in [6.07, 6.45) is 0.379. The molecular weight excluding hydrogens is 312 g/mol. The van der Waals surface area contributed by atoms with Crippen LogP contribution in [-0.4, -0.2) is 58.8 Å². The van der Waals surface area contributed by atoms with Crippen molar-refractivity contribution in [1.29, 1.82) is 0 Å².